The smallest absolute Gasteiger partial charge is 0.199 e. The molecule has 0 fully saturated rings. The van der Waals surface area contributed by atoms with Crippen LogP contribution in [-0.4, -0.2) is 45.6 Å². The third kappa shape index (κ3) is 3.12. The molecule has 0 radical (unpaired) electrons. The Labute approximate surface area is 169 Å². The van der Waals surface area contributed by atoms with Crippen molar-refractivity contribution in [3.8, 4) is 5.75 Å². The summed E-state index contributed by atoms with van der Waals surface area (Å²) in [5.41, 5.74) is 3.15. The van der Waals surface area contributed by atoms with Gasteiger partial charge in [-0.2, -0.15) is 0 Å². The summed E-state index contributed by atoms with van der Waals surface area (Å²) >= 11 is 0. The fraction of sp³-hybridized carbons (Fsp3) is 0.333. The van der Waals surface area contributed by atoms with Crippen molar-refractivity contribution in [2.45, 2.75) is 20.8 Å². The van der Waals surface area contributed by atoms with E-state index < -0.39 is 0 Å². The second kappa shape index (κ2) is 7.81. The van der Waals surface area contributed by atoms with Crippen LogP contribution in [0.3, 0.4) is 0 Å². The van der Waals surface area contributed by atoms with Gasteiger partial charge in [-0.15, -0.1) is 12.4 Å². The van der Waals surface area contributed by atoms with E-state index in [4.69, 9.17) is 0 Å². The standard InChI is InChI=1S/C21H24N4O2.ClH/c1-4-24(5-2)11-10-22-16-7-8-17-20-19(16)21(27)15-12-14(26)6-9-18(15)25(20)13(3)23-17;/h6-9,12,22,26H,4-5,10-11H2,1-3H3;1H. The van der Waals surface area contributed by atoms with Crippen molar-refractivity contribution in [1.29, 1.82) is 0 Å². The molecule has 2 heterocycles. The summed E-state index contributed by atoms with van der Waals surface area (Å²) in [5.74, 6) is 0.914. The summed E-state index contributed by atoms with van der Waals surface area (Å²) in [6, 6.07) is 8.82. The molecule has 7 heteroatoms. The number of aromatic nitrogens is 2. The molecule has 0 amide bonds. The lowest BCUT2D eigenvalue weighted by molar-refractivity contribution is 0.316. The number of fused-ring (bicyclic) bond motifs is 2. The van der Waals surface area contributed by atoms with Gasteiger partial charge in [0.2, 0.25) is 0 Å². The normalized spacial score (nSPS) is 11.6. The number of pyridine rings is 1. The molecule has 0 spiro atoms. The number of anilines is 1. The summed E-state index contributed by atoms with van der Waals surface area (Å²) < 4.78 is 2.01. The second-order valence-electron chi connectivity index (χ2n) is 6.83. The van der Waals surface area contributed by atoms with Gasteiger partial charge in [-0.1, -0.05) is 13.8 Å². The fourth-order valence-electron chi connectivity index (χ4n) is 3.88. The topological polar surface area (TPSA) is 69.9 Å². The number of nitrogens with one attached hydrogen (secondary N) is 1. The maximum atomic E-state index is 13.3. The Morgan fingerprint density at radius 1 is 1.18 bits per heavy atom. The van der Waals surface area contributed by atoms with Gasteiger partial charge >= 0.3 is 0 Å². The SMILES string of the molecule is CCN(CC)CCNc1ccc2nc(C)n3c4ccc(O)cc4c(=O)c1c23.Cl. The van der Waals surface area contributed by atoms with Gasteiger partial charge in [-0.3, -0.25) is 9.20 Å². The van der Waals surface area contributed by atoms with Crippen molar-refractivity contribution in [3.05, 3.63) is 46.4 Å². The van der Waals surface area contributed by atoms with E-state index in [1.54, 1.807) is 18.2 Å². The van der Waals surface area contributed by atoms with Crippen molar-refractivity contribution in [1.82, 2.24) is 14.3 Å². The monoisotopic (exact) mass is 400 g/mol. The Kier molecular flexibility index (Phi) is 5.63. The van der Waals surface area contributed by atoms with Crippen LogP contribution in [0.1, 0.15) is 19.7 Å². The van der Waals surface area contributed by atoms with Crippen LogP contribution in [0.15, 0.2) is 35.1 Å². The van der Waals surface area contributed by atoms with Gasteiger partial charge in [0, 0.05) is 18.8 Å². The predicted octanol–water partition coefficient (Wildman–Crippen LogP) is 3.63. The van der Waals surface area contributed by atoms with E-state index in [0.29, 0.717) is 10.8 Å². The van der Waals surface area contributed by atoms with Crippen molar-refractivity contribution < 1.29 is 5.11 Å². The minimum absolute atomic E-state index is 0. The molecule has 0 saturated carbocycles. The van der Waals surface area contributed by atoms with Crippen molar-refractivity contribution in [3.63, 3.8) is 0 Å². The average Bonchev–Trinajstić information content (AvgIpc) is 3.00. The molecule has 0 bridgehead atoms. The molecule has 0 aliphatic rings. The number of aromatic hydroxyl groups is 1. The van der Waals surface area contributed by atoms with Crippen LogP contribution in [0.2, 0.25) is 0 Å². The number of likely N-dealkylation sites (N-methyl/N-ethyl adjacent to an activating group) is 1. The molecule has 0 unspecified atom stereocenters. The first-order chi connectivity index (χ1) is 13.0. The fourth-order valence-corrected chi connectivity index (χ4v) is 3.88. The molecule has 6 nitrogen and oxygen atoms in total. The van der Waals surface area contributed by atoms with E-state index in [-0.39, 0.29) is 23.6 Å². The van der Waals surface area contributed by atoms with E-state index in [0.717, 1.165) is 54.2 Å². The number of nitrogens with zero attached hydrogens (tertiary/aromatic N) is 3. The Balaban J connectivity index is 0.00000225. The third-order valence-electron chi connectivity index (χ3n) is 5.32. The first-order valence-corrected chi connectivity index (χ1v) is 9.41. The molecule has 4 aromatic rings. The molecule has 4 rings (SSSR count). The van der Waals surface area contributed by atoms with Crippen molar-refractivity contribution in [2.75, 3.05) is 31.5 Å². The molecule has 148 valence electrons. The first-order valence-electron chi connectivity index (χ1n) is 9.41. The van der Waals surface area contributed by atoms with Crippen LogP contribution >= 0.6 is 12.4 Å². The van der Waals surface area contributed by atoms with Crippen LogP contribution in [0.25, 0.3) is 27.3 Å². The average molecular weight is 401 g/mol. The summed E-state index contributed by atoms with van der Waals surface area (Å²) in [5, 5.41) is 14.5. The zero-order valence-corrected chi connectivity index (χ0v) is 17.1. The highest BCUT2D eigenvalue weighted by atomic mass is 35.5. The van der Waals surface area contributed by atoms with Gasteiger partial charge < -0.3 is 15.3 Å². The van der Waals surface area contributed by atoms with Crippen LogP contribution in [0.4, 0.5) is 5.69 Å². The lowest BCUT2D eigenvalue weighted by Gasteiger charge is -2.19. The van der Waals surface area contributed by atoms with Crippen LogP contribution < -0.4 is 10.7 Å². The molecule has 0 atom stereocenters. The van der Waals surface area contributed by atoms with Gasteiger partial charge in [0.15, 0.2) is 5.43 Å². The maximum Gasteiger partial charge on any atom is 0.199 e. The zero-order chi connectivity index (χ0) is 19.1. The lowest BCUT2D eigenvalue weighted by atomic mass is 10.1. The number of hydrogen-bond donors (Lipinski definition) is 2. The number of imidazole rings is 1. The summed E-state index contributed by atoms with van der Waals surface area (Å²) in [6.45, 7) is 9.90. The van der Waals surface area contributed by atoms with Crippen molar-refractivity contribution >= 4 is 45.4 Å². The predicted molar refractivity (Wildman–Crippen MR) is 118 cm³/mol. The third-order valence-corrected chi connectivity index (χ3v) is 5.32. The summed E-state index contributed by atoms with van der Waals surface area (Å²) in [7, 11) is 0. The van der Waals surface area contributed by atoms with Crippen LogP contribution in [-0.2, 0) is 0 Å². The Bertz CT molecular complexity index is 1180. The number of aryl methyl sites for hydroxylation is 1. The Hall–Kier alpha value is -2.57. The highest BCUT2D eigenvalue weighted by Gasteiger charge is 2.18. The van der Waals surface area contributed by atoms with E-state index >= 15 is 0 Å². The Morgan fingerprint density at radius 2 is 1.93 bits per heavy atom. The molecule has 2 aromatic carbocycles. The zero-order valence-electron chi connectivity index (χ0n) is 16.3. The van der Waals surface area contributed by atoms with E-state index in [1.807, 2.05) is 23.5 Å². The highest BCUT2D eigenvalue weighted by molar-refractivity contribution is 6.07. The molecular weight excluding hydrogens is 376 g/mol. The largest absolute Gasteiger partial charge is 0.508 e. The van der Waals surface area contributed by atoms with Gasteiger partial charge in [0.1, 0.15) is 11.6 Å². The van der Waals surface area contributed by atoms with E-state index in [1.165, 1.54) is 0 Å². The molecule has 28 heavy (non-hydrogen) atoms. The number of phenolic OH excluding ortho intramolecular Hbond substituents is 1. The van der Waals surface area contributed by atoms with Gasteiger partial charge in [-0.25, -0.2) is 4.98 Å². The van der Waals surface area contributed by atoms with Gasteiger partial charge in [-0.05, 0) is 50.3 Å². The van der Waals surface area contributed by atoms with Crippen molar-refractivity contribution in [2.24, 2.45) is 0 Å². The number of hydrogen-bond acceptors (Lipinski definition) is 5. The van der Waals surface area contributed by atoms with Crippen LogP contribution in [0.5, 0.6) is 5.75 Å². The van der Waals surface area contributed by atoms with Gasteiger partial charge in [0.05, 0.1) is 27.3 Å². The molecule has 2 aromatic heterocycles. The minimum Gasteiger partial charge on any atom is -0.508 e. The first kappa shape index (κ1) is 20.2. The molecule has 2 N–H and O–H groups in total. The molecule has 0 aliphatic carbocycles. The molecule has 0 saturated heterocycles. The number of phenols is 1. The molecular formula is C21H25ClN4O2. The second-order valence-corrected chi connectivity index (χ2v) is 6.83. The highest BCUT2D eigenvalue weighted by Crippen LogP contribution is 2.30. The Morgan fingerprint density at radius 3 is 2.64 bits per heavy atom. The maximum absolute atomic E-state index is 13.3. The minimum atomic E-state index is -0.0794. The van der Waals surface area contributed by atoms with Gasteiger partial charge in [0.25, 0.3) is 0 Å². The molecule has 0 aliphatic heterocycles. The lowest BCUT2D eigenvalue weighted by Crippen LogP contribution is -2.28. The van der Waals surface area contributed by atoms with Crippen LogP contribution in [0, 0.1) is 6.92 Å². The van der Waals surface area contributed by atoms with E-state index in [2.05, 4.69) is 29.0 Å². The number of halogens is 1. The quantitative estimate of drug-likeness (QED) is 0.484. The number of rotatable bonds is 6. The number of benzene rings is 2. The van der Waals surface area contributed by atoms with E-state index in [9.17, 15) is 9.90 Å². The summed E-state index contributed by atoms with van der Waals surface area (Å²) in [4.78, 5) is 20.2. The summed E-state index contributed by atoms with van der Waals surface area (Å²) in [6.07, 6.45) is 0.